The van der Waals surface area contributed by atoms with Gasteiger partial charge in [-0.05, 0) is 36.4 Å². The van der Waals surface area contributed by atoms with Crippen molar-refractivity contribution in [2.45, 2.75) is 17.7 Å². The van der Waals surface area contributed by atoms with E-state index in [2.05, 4.69) is 5.32 Å². The van der Waals surface area contributed by atoms with Crippen LogP contribution in [-0.2, 0) is 19.6 Å². The number of amides is 3. The van der Waals surface area contributed by atoms with Gasteiger partial charge < -0.3 is 10.1 Å². The Labute approximate surface area is 174 Å². The zero-order valence-electron chi connectivity index (χ0n) is 16.7. The first-order valence-corrected chi connectivity index (χ1v) is 10.5. The molecule has 1 aliphatic rings. The molecule has 2 aromatic carbocycles. The van der Waals surface area contributed by atoms with E-state index in [-0.39, 0.29) is 46.6 Å². The summed E-state index contributed by atoms with van der Waals surface area (Å²) in [5.41, 5.74) is 0.679. The molecule has 30 heavy (non-hydrogen) atoms. The molecule has 9 nitrogen and oxygen atoms in total. The zero-order valence-corrected chi connectivity index (χ0v) is 17.5. The van der Waals surface area contributed by atoms with Gasteiger partial charge in [0, 0.05) is 32.5 Å². The molecule has 2 aromatic rings. The second kappa shape index (κ2) is 8.25. The maximum atomic E-state index is 12.8. The lowest BCUT2D eigenvalue weighted by molar-refractivity contribution is -0.121. The highest BCUT2D eigenvalue weighted by molar-refractivity contribution is 7.89. The van der Waals surface area contributed by atoms with Gasteiger partial charge in [-0.2, -0.15) is 0 Å². The number of nitrogens with one attached hydrogen (secondary N) is 1. The Bertz CT molecular complexity index is 1110. The van der Waals surface area contributed by atoms with Crippen molar-refractivity contribution in [3.63, 3.8) is 0 Å². The first kappa shape index (κ1) is 21.5. The molecule has 0 spiro atoms. The SMILES string of the molecule is COc1ccc(S(=O)(=O)N(C)C)cc1NC(=O)c1cccc(N2C(=O)CCC2=O)c1. The van der Waals surface area contributed by atoms with Gasteiger partial charge in [0.15, 0.2) is 0 Å². The van der Waals surface area contributed by atoms with Crippen molar-refractivity contribution in [3.05, 3.63) is 48.0 Å². The van der Waals surface area contributed by atoms with Crippen LogP contribution in [0.4, 0.5) is 11.4 Å². The van der Waals surface area contributed by atoms with E-state index in [1.54, 1.807) is 12.1 Å². The summed E-state index contributed by atoms with van der Waals surface area (Å²) in [4.78, 5) is 37.7. The van der Waals surface area contributed by atoms with Gasteiger partial charge in [0.05, 0.1) is 23.4 Å². The van der Waals surface area contributed by atoms with E-state index in [4.69, 9.17) is 4.74 Å². The summed E-state index contributed by atoms with van der Waals surface area (Å²) in [7, 11) is 0.503. The third-order valence-corrected chi connectivity index (χ3v) is 6.43. The van der Waals surface area contributed by atoms with Crippen molar-refractivity contribution in [1.82, 2.24) is 4.31 Å². The Morgan fingerprint density at radius 1 is 1.07 bits per heavy atom. The normalized spacial score (nSPS) is 14.3. The molecule has 1 heterocycles. The number of rotatable bonds is 6. The summed E-state index contributed by atoms with van der Waals surface area (Å²) in [6, 6.07) is 10.2. The molecular weight excluding hydrogens is 410 g/mol. The van der Waals surface area contributed by atoms with Crippen LogP contribution in [0.3, 0.4) is 0 Å². The van der Waals surface area contributed by atoms with Gasteiger partial charge in [-0.25, -0.2) is 12.7 Å². The van der Waals surface area contributed by atoms with E-state index >= 15 is 0 Å². The molecule has 1 aliphatic heterocycles. The van der Waals surface area contributed by atoms with Crippen molar-refractivity contribution < 1.29 is 27.5 Å². The number of sulfonamides is 1. The molecule has 158 valence electrons. The van der Waals surface area contributed by atoms with Gasteiger partial charge in [-0.1, -0.05) is 6.07 Å². The molecule has 0 atom stereocenters. The minimum atomic E-state index is -3.71. The molecule has 1 saturated heterocycles. The molecular formula is C20H21N3O6S. The second-order valence-electron chi connectivity index (χ2n) is 6.78. The third kappa shape index (κ3) is 4.05. The number of hydrogen-bond acceptors (Lipinski definition) is 6. The lowest BCUT2D eigenvalue weighted by Gasteiger charge is -2.16. The van der Waals surface area contributed by atoms with Crippen molar-refractivity contribution in [3.8, 4) is 5.75 Å². The number of ether oxygens (including phenoxy) is 1. The minimum absolute atomic E-state index is 0.00869. The second-order valence-corrected chi connectivity index (χ2v) is 8.93. The van der Waals surface area contributed by atoms with Crippen LogP contribution in [0.15, 0.2) is 47.4 Å². The van der Waals surface area contributed by atoms with Gasteiger partial charge in [-0.3, -0.25) is 19.3 Å². The molecule has 0 aliphatic carbocycles. The first-order chi connectivity index (χ1) is 14.1. The maximum Gasteiger partial charge on any atom is 0.255 e. The summed E-state index contributed by atoms with van der Waals surface area (Å²) in [6.45, 7) is 0. The van der Waals surface area contributed by atoms with Gasteiger partial charge in [-0.15, -0.1) is 0 Å². The molecule has 3 amide bonds. The fraction of sp³-hybridized carbons (Fsp3) is 0.250. The zero-order chi connectivity index (χ0) is 22.1. The van der Waals surface area contributed by atoms with Crippen LogP contribution in [0.5, 0.6) is 5.75 Å². The summed E-state index contributed by atoms with van der Waals surface area (Å²) in [6.07, 6.45) is 0.277. The molecule has 0 unspecified atom stereocenters. The lowest BCUT2D eigenvalue weighted by Crippen LogP contribution is -2.28. The Balaban J connectivity index is 1.92. The highest BCUT2D eigenvalue weighted by atomic mass is 32.2. The minimum Gasteiger partial charge on any atom is -0.495 e. The Morgan fingerprint density at radius 3 is 2.33 bits per heavy atom. The summed E-state index contributed by atoms with van der Waals surface area (Å²) in [5, 5.41) is 2.63. The highest BCUT2D eigenvalue weighted by Crippen LogP contribution is 2.29. The summed E-state index contributed by atoms with van der Waals surface area (Å²) >= 11 is 0. The number of carbonyl (C=O) groups excluding carboxylic acids is 3. The molecule has 0 saturated carbocycles. The fourth-order valence-electron chi connectivity index (χ4n) is 3.00. The van der Waals surface area contributed by atoms with Gasteiger partial charge in [0.2, 0.25) is 21.8 Å². The average molecular weight is 431 g/mol. The molecule has 0 radical (unpaired) electrons. The lowest BCUT2D eigenvalue weighted by atomic mass is 10.1. The van der Waals surface area contributed by atoms with E-state index in [9.17, 15) is 22.8 Å². The monoisotopic (exact) mass is 431 g/mol. The van der Waals surface area contributed by atoms with Crippen LogP contribution < -0.4 is 15.0 Å². The van der Waals surface area contributed by atoms with E-state index in [0.29, 0.717) is 5.69 Å². The maximum absolute atomic E-state index is 12.8. The van der Waals surface area contributed by atoms with Crippen molar-refractivity contribution >= 4 is 39.1 Å². The molecule has 1 fully saturated rings. The molecule has 1 N–H and O–H groups in total. The van der Waals surface area contributed by atoms with E-state index < -0.39 is 15.9 Å². The van der Waals surface area contributed by atoms with Crippen molar-refractivity contribution in [1.29, 1.82) is 0 Å². The topological polar surface area (TPSA) is 113 Å². The number of methoxy groups -OCH3 is 1. The Hall–Kier alpha value is -3.24. The number of anilines is 2. The van der Waals surface area contributed by atoms with Gasteiger partial charge in [0.1, 0.15) is 5.75 Å². The Kier molecular flexibility index (Phi) is 5.90. The van der Waals surface area contributed by atoms with Gasteiger partial charge in [0.25, 0.3) is 5.91 Å². The van der Waals surface area contributed by atoms with Crippen LogP contribution in [0.25, 0.3) is 0 Å². The molecule has 0 bridgehead atoms. The quantitative estimate of drug-likeness (QED) is 0.699. The standard InChI is InChI=1S/C20H21N3O6S/c1-22(2)30(27,28)15-7-8-17(29-3)16(12-15)21-20(26)13-5-4-6-14(11-13)23-18(24)9-10-19(23)25/h4-8,11-12H,9-10H2,1-3H3,(H,21,26). The number of hydrogen-bond donors (Lipinski definition) is 1. The van der Waals surface area contributed by atoms with E-state index in [0.717, 1.165) is 9.21 Å². The number of benzene rings is 2. The van der Waals surface area contributed by atoms with Gasteiger partial charge >= 0.3 is 0 Å². The van der Waals surface area contributed by atoms with E-state index in [1.807, 2.05) is 0 Å². The van der Waals surface area contributed by atoms with Crippen LogP contribution in [0, 0.1) is 0 Å². The van der Waals surface area contributed by atoms with Crippen molar-refractivity contribution in [2.24, 2.45) is 0 Å². The number of carbonyl (C=O) groups is 3. The average Bonchev–Trinajstić information content (AvgIpc) is 3.06. The summed E-state index contributed by atoms with van der Waals surface area (Å²) < 4.78 is 31.1. The largest absolute Gasteiger partial charge is 0.495 e. The van der Waals surface area contributed by atoms with Crippen LogP contribution in [0.1, 0.15) is 23.2 Å². The number of imide groups is 1. The number of nitrogens with zero attached hydrogens (tertiary/aromatic N) is 2. The van der Waals surface area contributed by atoms with Crippen LogP contribution in [-0.4, -0.2) is 51.6 Å². The Morgan fingerprint density at radius 2 is 1.73 bits per heavy atom. The molecule has 10 heteroatoms. The predicted octanol–water partition coefficient (Wildman–Crippen LogP) is 1.85. The van der Waals surface area contributed by atoms with Crippen LogP contribution >= 0.6 is 0 Å². The summed E-state index contributed by atoms with van der Waals surface area (Å²) in [5.74, 6) is -0.905. The predicted molar refractivity (Wildman–Crippen MR) is 110 cm³/mol. The van der Waals surface area contributed by atoms with E-state index in [1.165, 1.54) is 51.5 Å². The van der Waals surface area contributed by atoms with Crippen LogP contribution in [0.2, 0.25) is 0 Å². The first-order valence-electron chi connectivity index (χ1n) is 9.03. The fourth-order valence-corrected chi connectivity index (χ4v) is 3.93. The molecule has 3 rings (SSSR count). The molecule has 0 aromatic heterocycles. The highest BCUT2D eigenvalue weighted by Gasteiger charge is 2.30. The smallest absolute Gasteiger partial charge is 0.255 e. The van der Waals surface area contributed by atoms with Crippen molar-refractivity contribution in [2.75, 3.05) is 31.4 Å². The third-order valence-electron chi connectivity index (χ3n) is 4.62.